The molecule has 12 heavy (non-hydrogen) atoms. The van der Waals surface area contributed by atoms with Crippen molar-refractivity contribution in [3.63, 3.8) is 0 Å². The van der Waals surface area contributed by atoms with Gasteiger partial charge in [0.25, 0.3) is 0 Å². The Morgan fingerprint density at radius 2 is 2.33 bits per heavy atom. The summed E-state index contributed by atoms with van der Waals surface area (Å²) in [5.41, 5.74) is 0. The summed E-state index contributed by atoms with van der Waals surface area (Å²) in [7, 11) is 0. The summed E-state index contributed by atoms with van der Waals surface area (Å²) < 4.78 is 0. The predicted molar refractivity (Wildman–Crippen MR) is 40.9 cm³/mol. The molecule has 1 aliphatic rings. The maximum atomic E-state index is 10.8. The topological polar surface area (TPSA) is 85.0 Å². The van der Waals surface area contributed by atoms with Gasteiger partial charge in [0.2, 0.25) is 0 Å². The lowest BCUT2D eigenvalue weighted by atomic mass is 10.1. The van der Waals surface area contributed by atoms with Gasteiger partial charge in [-0.1, -0.05) is 0 Å². The van der Waals surface area contributed by atoms with E-state index in [4.69, 9.17) is 5.11 Å². The van der Waals surface area contributed by atoms with Crippen molar-refractivity contribution in [2.75, 3.05) is 13.2 Å². The third kappa shape index (κ3) is 1.76. The van der Waals surface area contributed by atoms with Gasteiger partial charge in [-0.25, -0.2) is 0 Å². The van der Waals surface area contributed by atoms with E-state index in [0.29, 0.717) is 6.54 Å². The van der Waals surface area contributed by atoms with Gasteiger partial charge in [0.1, 0.15) is 6.04 Å². The second kappa shape index (κ2) is 4.10. The first-order valence-corrected chi connectivity index (χ1v) is 3.97. The molecule has 0 saturated carbocycles. The van der Waals surface area contributed by atoms with E-state index in [9.17, 15) is 10.4 Å². The minimum absolute atomic E-state index is 0.0278. The Labute approximate surface area is 70.2 Å². The molecular formula is C6H12N3O3-. The molecule has 1 rings (SSSR count). The largest absolute Gasteiger partial charge is 0.737 e. The second-order valence-corrected chi connectivity index (χ2v) is 2.83. The van der Waals surface area contributed by atoms with Crippen LogP contribution in [0.5, 0.6) is 0 Å². The van der Waals surface area contributed by atoms with Crippen LogP contribution in [-0.2, 0) is 0 Å². The van der Waals surface area contributed by atoms with Crippen molar-refractivity contribution in [2.24, 2.45) is 5.28 Å². The standard InChI is InChI=1S/C6H13N3O3/c10-5-6-3-1-2-4-8(6)9(12)7-11/h6,10-11H,1-5H2/p-1/b9-7+/t6-/m0/s1. The molecule has 0 aromatic rings. The van der Waals surface area contributed by atoms with Crippen LogP contribution in [0.2, 0.25) is 0 Å². The Kier molecular flexibility index (Phi) is 3.09. The summed E-state index contributed by atoms with van der Waals surface area (Å²) in [6.07, 6.45) is 2.59. The molecule has 1 N–H and O–H groups in total. The van der Waals surface area contributed by atoms with E-state index in [0.717, 1.165) is 19.3 Å². The molecule has 0 radical (unpaired) electrons. The number of aliphatic hydroxyl groups is 1. The highest BCUT2D eigenvalue weighted by Gasteiger charge is 2.26. The number of aliphatic hydroxyl groups excluding tert-OH is 1. The van der Waals surface area contributed by atoms with Gasteiger partial charge < -0.3 is 15.5 Å². The van der Waals surface area contributed by atoms with Crippen molar-refractivity contribution >= 4 is 0 Å². The molecule has 0 aliphatic carbocycles. The fourth-order valence-corrected chi connectivity index (χ4v) is 1.44. The molecule has 6 nitrogen and oxygen atoms in total. The fraction of sp³-hybridized carbons (Fsp3) is 1.00. The monoisotopic (exact) mass is 174 g/mol. The van der Waals surface area contributed by atoms with E-state index in [1.807, 2.05) is 0 Å². The van der Waals surface area contributed by atoms with Crippen molar-refractivity contribution in [2.45, 2.75) is 25.3 Å². The summed E-state index contributed by atoms with van der Waals surface area (Å²) in [4.78, 5) is 0.0278. The number of hydrogen-bond donors (Lipinski definition) is 1. The van der Waals surface area contributed by atoms with Crippen LogP contribution in [0, 0.1) is 10.4 Å². The summed E-state index contributed by atoms with van der Waals surface area (Å²) in [6, 6.07) is -0.242. The van der Waals surface area contributed by atoms with Crippen molar-refractivity contribution in [3.8, 4) is 0 Å². The first-order valence-electron chi connectivity index (χ1n) is 3.97. The summed E-state index contributed by atoms with van der Waals surface area (Å²) in [5.74, 6) is 0. The second-order valence-electron chi connectivity index (χ2n) is 2.83. The van der Waals surface area contributed by atoms with Crippen LogP contribution in [0.25, 0.3) is 0 Å². The Bertz CT molecular complexity index is 173. The molecule has 0 bridgehead atoms. The van der Waals surface area contributed by atoms with E-state index in [1.54, 1.807) is 0 Å². The predicted octanol–water partition coefficient (Wildman–Crippen LogP) is 0.209. The zero-order valence-corrected chi connectivity index (χ0v) is 6.72. The molecular weight excluding hydrogens is 162 g/mol. The highest BCUT2D eigenvalue weighted by Crippen LogP contribution is 2.16. The molecule has 0 aromatic heterocycles. The first-order chi connectivity index (χ1) is 5.79. The van der Waals surface area contributed by atoms with Crippen LogP contribution in [0.4, 0.5) is 0 Å². The van der Waals surface area contributed by atoms with Gasteiger partial charge in [-0.2, -0.15) is 0 Å². The smallest absolute Gasteiger partial charge is 0.111 e. The third-order valence-electron chi connectivity index (χ3n) is 2.10. The van der Waals surface area contributed by atoms with Crippen LogP contribution >= 0.6 is 0 Å². The van der Waals surface area contributed by atoms with Crippen LogP contribution in [0.15, 0.2) is 5.28 Å². The van der Waals surface area contributed by atoms with Crippen LogP contribution in [0.3, 0.4) is 0 Å². The molecule has 1 aliphatic heterocycles. The van der Waals surface area contributed by atoms with Gasteiger partial charge in [0.15, 0.2) is 0 Å². The molecule has 0 aromatic carbocycles. The minimum Gasteiger partial charge on any atom is -0.737 e. The highest BCUT2D eigenvalue weighted by atomic mass is 16.6. The van der Waals surface area contributed by atoms with Gasteiger partial charge in [0.05, 0.1) is 13.2 Å². The lowest BCUT2D eigenvalue weighted by molar-refractivity contribution is -0.701. The van der Waals surface area contributed by atoms with Crippen molar-refractivity contribution in [1.82, 2.24) is 5.01 Å². The molecule has 70 valence electrons. The number of hydrogen-bond acceptors (Lipinski definition) is 4. The van der Waals surface area contributed by atoms with Crippen LogP contribution in [0.1, 0.15) is 19.3 Å². The Balaban J connectivity index is 2.58. The van der Waals surface area contributed by atoms with E-state index >= 15 is 0 Å². The Morgan fingerprint density at radius 3 is 2.92 bits per heavy atom. The van der Waals surface area contributed by atoms with Gasteiger partial charge in [-0.3, -0.25) is 0 Å². The summed E-state index contributed by atoms with van der Waals surface area (Å²) in [6.45, 7) is 0.398. The first kappa shape index (κ1) is 9.05. The van der Waals surface area contributed by atoms with Crippen LogP contribution in [-0.4, -0.2) is 34.3 Å². The third-order valence-corrected chi connectivity index (χ3v) is 2.10. The number of rotatable bonds is 2. The summed E-state index contributed by atoms with van der Waals surface area (Å²) >= 11 is 0. The van der Waals surface area contributed by atoms with Gasteiger partial charge in [-0.15, -0.1) is 5.01 Å². The molecule has 1 atom stereocenters. The van der Waals surface area contributed by atoms with E-state index in [1.165, 1.54) is 5.01 Å². The van der Waals surface area contributed by atoms with Gasteiger partial charge in [0, 0.05) is 4.97 Å². The molecule has 6 heteroatoms. The van der Waals surface area contributed by atoms with E-state index in [2.05, 4.69) is 5.28 Å². The molecule has 1 fully saturated rings. The van der Waals surface area contributed by atoms with Gasteiger partial charge >= 0.3 is 0 Å². The lowest BCUT2D eigenvalue weighted by Gasteiger charge is -2.30. The van der Waals surface area contributed by atoms with Crippen molar-refractivity contribution < 1.29 is 10.1 Å². The summed E-state index contributed by atoms with van der Waals surface area (Å²) in [5, 5.41) is 33.1. The van der Waals surface area contributed by atoms with Crippen molar-refractivity contribution in [3.05, 3.63) is 10.4 Å². The molecule has 0 amide bonds. The van der Waals surface area contributed by atoms with Crippen molar-refractivity contribution in [1.29, 1.82) is 0 Å². The van der Waals surface area contributed by atoms with Crippen LogP contribution < -0.4 is 0 Å². The van der Waals surface area contributed by atoms with Gasteiger partial charge in [-0.05, 0) is 24.5 Å². The zero-order valence-electron chi connectivity index (χ0n) is 6.72. The quantitative estimate of drug-likeness (QED) is 0.368. The average molecular weight is 174 g/mol. The van der Waals surface area contributed by atoms with E-state index in [-0.39, 0.29) is 17.6 Å². The number of piperidine rings is 1. The lowest BCUT2D eigenvalue weighted by Crippen LogP contribution is -2.45. The fourth-order valence-electron chi connectivity index (χ4n) is 1.44. The number of nitrogens with zero attached hydrogens (tertiary/aromatic N) is 3. The molecule has 0 spiro atoms. The SMILES string of the molecule is [O-]/N=[N+](/[O-])N1CCCC[C@H]1CO. The maximum Gasteiger partial charge on any atom is 0.111 e. The zero-order chi connectivity index (χ0) is 8.97. The number of hydrazine groups is 1. The highest BCUT2D eigenvalue weighted by molar-refractivity contribution is 4.69. The maximum absolute atomic E-state index is 10.8. The Morgan fingerprint density at radius 1 is 1.58 bits per heavy atom. The molecule has 1 heterocycles. The molecule has 0 unspecified atom stereocenters. The minimum atomic E-state index is -0.242. The molecule has 1 saturated heterocycles. The Hall–Kier alpha value is -1.04. The van der Waals surface area contributed by atoms with E-state index < -0.39 is 0 Å². The average Bonchev–Trinajstić information content (AvgIpc) is 2.16. The normalized spacial score (nSPS) is 25.9.